The molecule has 1 fully saturated rings. The van der Waals surface area contributed by atoms with Crippen LogP contribution in [0.4, 0.5) is 0 Å². The Hall–Kier alpha value is -1.07. The van der Waals surface area contributed by atoms with Gasteiger partial charge in [0, 0.05) is 6.54 Å². The van der Waals surface area contributed by atoms with Gasteiger partial charge in [0.25, 0.3) is 0 Å². The summed E-state index contributed by atoms with van der Waals surface area (Å²) in [6, 6.07) is 0.00890. The van der Waals surface area contributed by atoms with E-state index in [-0.39, 0.29) is 6.04 Å². The third-order valence-corrected chi connectivity index (χ3v) is 4.16. The van der Waals surface area contributed by atoms with Gasteiger partial charge in [0.05, 0.1) is 31.6 Å². The third-order valence-electron chi connectivity index (χ3n) is 4.16. The molecule has 0 radical (unpaired) electrons. The molecule has 19 heavy (non-hydrogen) atoms. The summed E-state index contributed by atoms with van der Waals surface area (Å²) in [6.07, 6.45) is 2.95. The molecule has 1 saturated carbocycles. The van der Waals surface area contributed by atoms with Crippen molar-refractivity contribution in [3.63, 3.8) is 0 Å². The van der Waals surface area contributed by atoms with Gasteiger partial charge in [0.2, 0.25) is 0 Å². The quantitative estimate of drug-likeness (QED) is 0.848. The Balaban J connectivity index is 2.19. The molecule has 5 heteroatoms. The van der Waals surface area contributed by atoms with Crippen molar-refractivity contribution in [2.45, 2.75) is 32.9 Å². The van der Waals surface area contributed by atoms with Crippen LogP contribution in [-0.4, -0.2) is 42.4 Å². The lowest BCUT2D eigenvalue weighted by molar-refractivity contribution is 0.353. The minimum Gasteiger partial charge on any atom is -0.493 e. The summed E-state index contributed by atoms with van der Waals surface area (Å²) in [5.74, 6) is 1.34. The number of nitrogens with zero attached hydrogens (tertiary/aromatic N) is 3. The monoisotopic (exact) mass is 266 g/mol. The van der Waals surface area contributed by atoms with Crippen LogP contribution in [-0.2, 0) is 6.54 Å². The molecule has 0 spiro atoms. The molecule has 1 aromatic heterocycles. The molecule has 0 aromatic carbocycles. The lowest BCUT2D eigenvalue weighted by Gasteiger charge is -2.18. The van der Waals surface area contributed by atoms with Crippen LogP contribution in [0.25, 0.3) is 0 Å². The van der Waals surface area contributed by atoms with Crippen molar-refractivity contribution in [3.05, 3.63) is 11.9 Å². The van der Waals surface area contributed by atoms with Gasteiger partial charge in [-0.15, -0.1) is 0 Å². The van der Waals surface area contributed by atoms with Crippen LogP contribution in [0.2, 0.25) is 0 Å². The van der Waals surface area contributed by atoms with E-state index < -0.39 is 0 Å². The molecule has 2 rings (SSSR count). The number of hydrogen-bond acceptors (Lipinski definition) is 4. The molecule has 1 aromatic rings. The van der Waals surface area contributed by atoms with Gasteiger partial charge in [-0.1, -0.05) is 13.8 Å². The van der Waals surface area contributed by atoms with Crippen LogP contribution in [0.15, 0.2) is 6.20 Å². The number of ether oxygens (including phenoxy) is 1. The number of aromatic nitrogens is 2. The van der Waals surface area contributed by atoms with Gasteiger partial charge in [0.1, 0.15) is 0 Å². The van der Waals surface area contributed by atoms with Gasteiger partial charge in [0.15, 0.2) is 5.75 Å². The molecule has 108 valence electrons. The van der Waals surface area contributed by atoms with Crippen molar-refractivity contribution in [1.29, 1.82) is 0 Å². The number of nitrogens with two attached hydrogens (primary N) is 1. The molecular weight excluding hydrogens is 240 g/mol. The average Bonchev–Trinajstić information content (AvgIpc) is 2.82. The first kappa shape index (κ1) is 14.3. The van der Waals surface area contributed by atoms with E-state index in [1.54, 1.807) is 13.3 Å². The van der Waals surface area contributed by atoms with Gasteiger partial charge in [-0.3, -0.25) is 4.68 Å². The van der Waals surface area contributed by atoms with Crippen LogP contribution in [0.3, 0.4) is 0 Å². The number of rotatable bonds is 6. The largest absolute Gasteiger partial charge is 0.493 e. The molecule has 1 aliphatic rings. The summed E-state index contributed by atoms with van der Waals surface area (Å²) >= 11 is 0. The zero-order valence-electron chi connectivity index (χ0n) is 12.7. The van der Waals surface area contributed by atoms with E-state index in [0.29, 0.717) is 11.3 Å². The molecular formula is C14H26N4O. The lowest BCUT2D eigenvalue weighted by atomic mass is 10.0. The lowest BCUT2D eigenvalue weighted by Crippen LogP contribution is -2.24. The summed E-state index contributed by atoms with van der Waals surface area (Å²) < 4.78 is 7.42. The van der Waals surface area contributed by atoms with Gasteiger partial charge in [-0.05, 0) is 31.8 Å². The van der Waals surface area contributed by atoms with E-state index in [2.05, 4.69) is 37.9 Å². The second-order valence-electron chi connectivity index (χ2n) is 6.45. The maximum absolute atomic E-state index is 6.45. The normalized spacial score (nSPS) is 22.6. The van der Waals surface area contributed by atoms with E-state index in [1.165, 1.54) is 6.42 Å². The fourth-order valence-corrected chi connectivity index (χ4v) is 2.66. The van der Waals surface area contributed by atoms with Gasteiger partial charge < -0.3 is 15.4 Å². The average molecular weight is 266 g/mol. The topological polar surface area (TPSA) is 56.3 Å². The zero-order chi connectivity index (χ0) is 14.2. The van der Waals surface area contributed by atoms with Crippen molar-refractivity contribution in [2.24, 2.45) is 17.1 Å². The highest BCUT2D eigenvalue weighted by Crippen LogP contribution is 2.57. The minimum atomic E-state index is 0.00890. The van der Waals surface area contributed by atoms with E-state index in [9.17, 15) is 0 Å². The molecule has 0 bridgehead atoms. The van der Waals surface area contributed by atoms with Crippen LogP contribution >= 0.6 is 0 Å². The highest BCUT2D eigenvalue weighted by atomic mass is 16.5. The first-order chi connectivity index (χ1) is 8.86. The Bertz CT molecular complexity index is 439. The van der Waals surface area contributed by atoms with Gasteiger partial charge in [-0.25, -0.2) is 0 Å². The predicted molar refractivity (Wildman–Crippen MR) is 76.1 cm³/mol. The summed E-state index contributed by atoms with van der Waals surface area (Å²) in [4.78, 5) is 2.14. The summed E-state index contributed by atoms with van der Waals surface area (Å²) in [7, 11) is 5.80. The fraction of sp³-hybridized carbons (Fsp3) is 0.786. The Morgan fingerprint density at radius 1 is 1.58 bits per heavy atom. The molecule has 1 aliphatic carbocycles. The molecule has 2 unspecified atom stereocenters. The summed E-state index contributed by atoms with van der Waals surface area (Å²) in [6.45, 7) is 6.32. The highest BCUT2D eigenvalue weighted by Gasteiger charge is 2.50. The summed E-state index contributed by atoms with van der Waals surface area (Å²) in [5.41, 5.74) is 7.84. The van der Waals surface area contributed by atoms with Crippen molar-refractivity contribution in [1.82, 2.24) is 14.7 Å². The van der Waals surface area contributed by atoms with E-state index in [0.717, 1.165) is 24.5 Å². The number of likely N-dealkylation sites (N-methyl/N-ethyl adjacent to an activating group) is 1. The molecule has 0 amide bonds. The zero-order valence-corrected chi connectivity index (χ0v) is 12.7. The predicted octanol–water partition coefficient (Wildman–Crippen LogP) is 1.50. The van der Waals surface area contributed by atoms with Crippen molar-refractivity contribution in [3.8, 4) is 5.75 Å². The molecule has 1 heterocycles. The smallest absolute Gasteiger partial charge is 0.161 e. The van der Waals surface area contributed by atoms with E-state index >= 15 is 0 Å². The Morgan fingerprint density at radius 3 is 2.68 bits per heavy atom. The molecule has 0 saturated heterocycles. The Kier molecular flexibility index (Phi) is 3.87. The first-order valence-electron chi connectivity index (χ1n) is 6.87. The third kappa shape index (κ3) is 2.92. The standard InChI is InChI=1S/C14H26N4O/c1-14(2)8-10(14)12(15)13-11(19-5)9-16-18(13)7-6-17(3)4/h9-10,12H,6-8,15H2,1-5H3. The van der Waals surface area contributed by atoms with Crippen molar-refractivity contribution >= 4 is 0 Å². The maximum Gasteiger partial charge on any atom is 0.161 e. The van der Waals surface area contributed by atoms with Crippen LogP contribution in [0.5, 0.6) is 5.75 Å². The summed E-state index contributed by atoms with van der Waals surface area (Å²) in [5, 5.41) is 4.42. The van der Waals surface area contributed by atoms with Crippen LogP contribution in [0, 0.1) is 11.3 Å². The van der Waals surface area contributed by atoms with Gasteiger partial charge in [-0.2, -0.15) is 5.10 Å². The van der Waals surface area contributed by atoms with E-state index in [1.807, 2.05) is 4.68 Å². The SMILES string of the molecule is COc1cnn(CCN(C)C)c1C(N)C1CC1(C)C. The Labute approximate surface area is 115 Å². The molecule has 5 nitrogen and oxygen atoms in total. The van der Waals surface area contributed by atoms with Crippen LogP contribution in [0.1, 0.15) is 32.0 Å². The van der Waals surface area contributed by atoms with Crippen molar-refractivity contribution < 1.29 is 4.74 Å². The van der Waals surface area contributed by atoms with E-state index in [4.69, 9.17) is 10.5 Å². The first-order valence-corrected chi connectivity index (χ1v) is 6.87. The highest BCUT2D eigenvalue weighted by molar-refractivity contribution is 5.30. The second-order valence-corrected chi connectivity index (χ2v) is 6.45. The molecule has 2 N–H and O–H groups in total. The van der Waals surface area contributed by atoms with Crippen LogP contribution < -0.4 is 10.5 Å². The number of hydrogen-bond donors (Lipinski definition) is 1. The van der Waals surface area contributed by atoms with Crippen molar-refractivity contribution in [2.75, 3.05) is 27.7 Å². The second kappa shape index (κ2) is 5.13. The molecule has 0 aliphatic heterocycles. The minimum absolute atomic E-state index is 0.00890. The fourth-order valence-electron chi connectivity index (χ4n) is 2.66. The Morgan fingerprint density at radius 2 is 2.21 bits per heavy atom. The van der Waals surface area contributed by atoms with Gasteiger partial charge >= 0.3 is 0 Å². The molecule has 2 atom stereocenters. The maximum atomic E-state index is 6.45. The number of methoxy groups -OCH3 is 1.